The van der Waals surface area contributed by atoms with E-state index in [0.717, 1.165) is 32.2 Å². The zero-order valence-electron chi connectivity index (χ0n) is 47.5. The molecule has 10 aromatic rings. The summed E-state index contributed by atoms with van der Waals surface area (Å²) in [5.41, 5.74) is 26.3. The van der Waals surface area contributed by atoms with Crippen LogP contribution in [0.2, 0.25) is 0 Å². The number of hydrogen-bond acceptors (Lipinski definition) is 1. The molecule has 2 nitrogen and oxygen atoms in total. The van der Waals surface area contributed by atoms with E-state index in [2.05, 4.69) is 217 Å². The number of aromatic nitrogens is 1. The van der Waals surface area contributed by atoms with Crippen molar-refractivity contribution in [1.82, 2.24) is 4.57 Å². The molecule has 1 aliphatic heterocycles. The van der Waals surface area contributed by atoms with Crippen LogP contribution in [0.3, 0.4) is 0 Å². The van der Waals surface area contributed by atoms with Crippen molar-refractivity contribution in [2.45, 2.75) is 121 Å². The maximum Gasteiger partial charge on any atom is 0.0719 e. The molecule has 0 radical (unpaired) electrons. The lowest BCUT2D eigenvalue weighted by Gasteiger charge is -2.40. The Kier molecular flexibility index (Phi) is 19.0. The zero-order chi connectivity index (χ0) is 53.6. The molecule has 1 spiro atoms. The first-order valence-corrected chi connectivity index (χ1v) is 28.7. The van der Waals surface area contributed by atoms with Gasteiger partial charge in [0.1, 0.15) is 0 Å². The van der Waals surface area contributed by atoms with Crippen LogP contribution in [-0.2, 0) is 31.1 Å². The molecular formula is C73H82N2. The van der Waals surface area contributed by atoms with Gasteiger partial charge in [-0.05, 0) is 147 Å². The Labute approximate surface area is 451 Å². The highest BCUT2D eigenvalue weighted by Gasteiger charge is 2.49. The van der Waals surface area contributed by atoms with E-state index in [1.165, 1.54) is 117 Å². The Balaban J connectivity index is 0.000000190. The number of nitrogens with zero attached hydrogens (tertiary/aromatic N) is 2. The fourth-order valence-corrected chi connectivity index (χ4v) is 12.0. The molecule has 1 aromatic heterocycles. The topological polar surface area (TPSA) is 8.17 Å². The number of hydrogen-bond donors (Lipinski definition) is 0. The molecule has 0 N–H and O–H groups in total. The quantitative estimate of drug-likeness (QED) is 0.168. The second-order valence-electron chi connectivity index (χ2n) is 17.8. The van der Waals surface area contributed by atoms with Gasteiger partial charge in [-0.15, -0.1) is 0 Å². The van der Waals surface area contributed by atoms with Crippen molar-refractivity contribution < 1.29 is 0 Å². The molecule has 384 valence electrons. The predicted octanol–water partition coefficient (Wildman–Crippen LogP) is 20.5. The normalized spacial score (nSPS) is 12.5. The second kappa shape index (κ2) is 25.7. The van der Waals surface area contributed by atoms with Gasteiger partial charge in [0.15, 0.2) is 0 Å². The lowest BCUT2D eigenvalue weighted by atomic mass is 9.61. The molecule has 4 aliphatic rings. The lowest BCUT2D eigenvalue weighted by Crippen LogP contribution is -2.34. The summed E-state index contributed by atoms with van der Waals surface area (Å²) >= 11 is 0. The van der Waals surface area contributed by atoms with Gasteiger partial charge >= 0.3 is 0 Å². The second-order valence-corrected chi connectivity index (χ2v) is 17.8. The van der Waals surface area contributed by atoms with Crippen LogP contribution in [-0.4, -0.2) is 11.1 Å². The van der Waals surface area contributed by atoms with E-state index in [-0.39, 0.29) is 5.41 Å². The fourth-order valence-electron chi connectivity index (χ4n) is 12.0. The van der Waals surface area contributed by atoms with Crippen molar-refractivity contribution in [3.8, 4) is 16.8 Å². The molecule has 14 rings (SSSR count). The molecule has 0 unspecified atom stereocenters. The van der Waals surface area contributed by atoms with Crippen LogP contribution in [0, 0.1) is 0 Å². The zero-order valence-corrected chi connectivity index (χ0v) is 47.5. The van der Waals surface area contributed by atoms with E-state index in [1.807, 2.05) is 83.1 Å². The summed E-state index contributed by atoms with van der Waals surface area (Å²) < 4.78 is 2.49. The summed E-state index contributed by atoms with van der Waals surface area (Å²) in [4.78, 5) is 2.49. The van der Waals surface area contributed by atoms with Gasteiger partial charge in [0.25, 0.3) is 0 Å². The van der Waals surface area contributed by atoms with E-state index in [9.17, 15) is 0 Å². The van der Waals surface area contributed by atoms with E-state index < -0.39 is 0 Å². The highest BCUT2D eigenvalue weighted by molar-refractivity contribution is 6.11. The van der Waals surface area contributed by atoms with Gasteiger partial charge < -0.3 is 9.47 Å². The maximum absolute atomic E-state index is 2.49. The van der Waals surface area contributed by atoms with Gasteiger partial charge in [0.2, 0.25) is 0 Å². The third-order valence-corrected chi connectivity index (χ3v) is 14.6. The van der Waals surface area contributed by atoms with Crippen LogP contribution in [0.15, 0.2) is 200 Å². The van der Waals surface area contributed by atoms with Crippen LogP contribution >= 0.6 is 0 Å². The lowest BCUT2D eigenvalue weighted by molar-refractivity contribution is 0.722. The van der Waals surface area contributed by atoms with Crippen LogP contribution in [0.5, 0.6) is 0 Å². The van der Waals surface area contributed by atoms with E-state index >= 15 is 0 Å². The average molecular weight is 987 g/mol. The molecule has 0 saturated carbocycles. The smallest absolute Gasteiger partial charge is 0.0719 e. The van der Waals surface area contributed by atoms with E-state index in [0.29, 0.717) is 0 Å². The van der Waals surface area contributed by atoms with Crippen molar-refractivity contribution >= 4 is 33.2 Å². The van der Waals surface area contributed by atoms with E-state index in [4.69, 9.17) is 0 Å². The third-order valence-electron chi connectivity index (χ3n) is 14.6. The van der Waals surface area contributed by atoms with Crippen LogP contribution < -0.4 is 4.90 Å². The number of para-hydroxylation sites is 2. The summed E-state index contributed by atoms with van der Waals surface area (Å²) in [6.07, 6.45) is 4.00. The maximum atomic E-state index is 2.49. The molecule has 3 aliphatic carbocycles. The van der Waals surface area contributed by atoms with Crippen LogP contribution in [0.1, 0.15) is 157 Å². The van der Waals surface area contributed by atoms with Crippen molar-refractivity contribution in [2.24, 2.45) is 0 Å². The molecule has 0 saturated heterocycles. The van der Waals surface area contributed by atoms with Crippen LogP contribution in [0.4, 0.5) is 11.4 Å². The fraction of sp³-hybridized carbons (Fsp3) is 0.260. The summed E-state index contributed by atoms with van der Waals surface area (Å²) in [5.74, 6) is 0. The van der Waals surface area contributed by atoms with Crippen LogP contribution in [0.25, 0.3) is 38.6 Å². The van der Waals surface area contributed by atoms with Crippen molar-refractivity contribution in [3.05, 3.63) is 267 Å². The van der Waals surface area contributed by atoms with Crippen molar-refractivity contribution in [1.29, 1.82) is 0 Å². The molecule has 0 bridgehead atoms. The first-order chi connectivity index (χ1) is 37.2. The molecule has 2 heterocycles. The minimum absolute atomic E-state index is 0.196. The molecular weight excluding hydrogens is 905 g/mol. The standard InChI is InChI=1S/C35H28N2.C26H18.6C2H6/c1-2-36-32-15-9-8-12-25(32)18-28-21-35-31(22-33(28)36)30-19-26-16-23-10-6-7-11-24(23)17-27(26)20-34(30)37(35)29-13-4-3-5-14-29;1-5-13-22-18(9-1)17-19-10-2-6-14-23(19)26(22)24-15-7-3-11-20(24)21-12-4-8-16-25(21)26;6*1-2/h3-15,19-22H,2,16-18H2,1H3;1-16H,17H2;6*1-2H3. The SMILES string of the molecule is CC.CC.CC.CC.CC.CC.CCN1c2ccccc2Cc2cc3c(cc21)c1cc2c(cc1n3-c1ccccc1)Cc1ccccc1C2.c1ccc2c(c1)Cc1ccccc1C21c2ccccc2-c2ccccc21. The molecule has 2 heteroatoms. The van der Waals surface area contributed by atoms with E-state index in [1.54, 1.807) is 0 Å². The van der Waals surface area contributed by atoms with Gasteiger partial charge in [-0.2, -0.15) is 0 Å². The van der Waals surface area contributed by atoms with Crippen molar-refractivity contribution in [2.75, 3.05) is 11.4 Å². The molecule has 0 amide bonds. The van der Waals surface area contributed by atoms with Gasteiger partial charge in [-0.25, -0.2) is 0 Å². The molecule has 9 aromatic carbocycles. The van der Waals surface area contributed by atoms with Gasteiger partial charge in [-0.1, -0.05) is 241 Å². The number of fused-ring (bicyclic) bond motifs is 16. The summed E-state index contributed by atoms with van der Waals surface area (Å²) in [5, 5.41) is 2.70. The van der Waals surface area contributed by atoms with Gasteiger partial charge in [0, 0.05) is 40.8 Å². The Hall–Kier alpha value is -7.42. The predicted molar refractivity (Wildman–Crippen MR) is 329 cm³/mol. The van der Waals surface area contributed by atoms with Crippen molar-refractivity contribution in [3.63, 3.8) is 0 Å². The highest BCUT2D eigenvalue weighted by atomic mass is 15.1. The summed E-state index contributed by atoms with van der Waals surface area (Å²) in [6, 6.07) is 74.5. The Morgan fingerprint density at radius 2 is 0.693 bits per heavy atom. The first kappa shape index (κ1) is 55.3. The minimum atomic E-state index is -0.196. The van der Waals surface area contributed by atoms with Gasteiger partial charge in [0.05, 0.1) is 16.4 Å². The Bertz CT molecular complexity index is 3370. The summed E-state index contributed by atoms with van der Waals surface area (Å²) in [7, 11) is 0. The largest absolute Gasteiger partial charge is 0.341 e. The minimum Gasteiger partial charge on any atom is -0.341 e. The molecule has 75 heavy (non-hydrogen) atoms. The third kappa shape index (κ3) is 9.77. The average Bonchev–Trinajstić information content (AvgIpc) is 4.02. The molecule has 0 fully saturated rings. The number of anilines is 2. The Morgan fingerprint density at radius 3 is 1.21 bits per heavy atom. The molecule has 0 atom stereocenters. The van der Waals surface area contributed by atoms with Gasteiger partial charge in [-0.3, -0.25) is 0 Å². The highest BCUT2D eigenvalue weighted by Crippen LogP contribution is 2.59. The monoisotopic (exact) mass is 987 g/mol. The summed E-state index contributed by atoms with van der Waals surface area (Å²) in [6.45, 7) is 27.2. The number of benzene rings is 9. The first-order valence-electron chi connectivity index (χ1n) is 28.7. The Morgan fingerprint density at radius 1 is 0.320 bits per heavy atom. The number of rotatable bonds is 2.